The van der Waals surface area contributed by atoms with E-state index < -0.39 is 5.97 Å². The zero-order chi connectivity index (χ0) is 41.8. The highest BCUT2D eigenvalue weighted by molar-refractivity contribution is 5.92. The summed E-state index contributed by atoms with van der Waals surface area (Å²) in [5.74, 6) is -0.770. The molecule has 4 N–H and O–H groups in total. The Bertz CT molecular complexity index is 1310. The third-order valence-electron chi connectivity index (χ3n) is 9.73. The molecule has 3 amide bonds. The molecule has 1 rings (SSSR count). The molecule has 0 heterocycles. The Labute approximate surface area is 343 Å². The molecule has 322 valence electrons. The third kappa shape index (κ3) is 25.6. The number of aromatic carboxylic acids is 1. The van der Waals surface area contributed by atoms with Crippen LogP contribution in [-0.2, 0) is 20.8 Å². The number of ether oxygens (including phenoxy) is 3. The number of carboxylic acid groups (broad SMARTS) is 1. The standard InChI is InChI=1S/C46H75N3O8/c1-5-9-10-11-12-13-14-15-16-17-18-19-20-21-22-23-30-38-39(46(53)54)37-40(55-34-27-24-31-47-41(50)6-2)45(57-36-29-26-33-49-43(52)8-4)44(38)56-35-28-25-32-48-42(51)7-3/h6-8,37H,2-5,9-36H2,1H3,(H,47,50)(H,48,51)(H,49,52)(H,53,54). The topological polar surface area (TPSA) is 152 Å². The first-order chi connectivity index (χ1) is 27.8. The predicted molar refractivity (Wildman–Crippen MR) is 230 cm³/mol. The minimum absolute atomic E-state index is 0.122. The summed E-state index contributed by atoms with van der Waals surface area (Å²) in [5.41, 5.74) is 0.706. The number of benzene rings is 1. The largest absolute Gasteiger partial charge is 0.490 e. The van der Waals surface area contributed by atoms with Crippen LogP contribution in [0.3, 0.4) is 0 Å². The van der Waals surface area contributed by atoms with Gasteiger partial charge in [0.25, 0.3) is 0 Å². The van der Waals surface area contributed by atoms with Crippen molar-refractivity contribution < 1.29 is 38.5 Å². The molecule has 0 bridgehead atoms. The molecule has 0 unspecified atom stereocenters. The zero-order valence-corrected chi connectivity index (χ0v) is 35.2. The molecule has 0 spiro atoms. The number of rotatable bonds is 39. The van der Waals surface area contributed by atoms with E-state index in [4.69, 9.17) is 14.2 Å². The van der Waals surface area contributed by atoms with Crippen molar-refractivity contribution >= 4 is 23.7 Å². The molecule has 0 aliphatic rings. The van der Waals surface area contributed by atoms with E-state index in [0.29, 0.717) is 88.2 Å². The van der Waals surface area contributed by atoms with Crippen molar-refractivity contribution in [2.45, 2.75) is 155 Å². The smallest absolute Gasteiger partial charge is 0.336 e. The van der Waals surface area contributed by atoms with Crippen molar-refractivity contribution in [2.75, 3.05) is 39.5 Å². The Hall–Kier alpha value is -4.28. The molecule has 0 atom stereocenters. The second-order valence-electron chi connectivity index (χ2n) is 14.6. The van der Waals surface area contributed by atoms with Gasteiger partial charge in [0.15, 0.2) is 11.5 Å². The Morgan fingerprint density at radius 1 is 0.526 bits per heavy atom. The fraction of sp³-hybridized carbons (Fsp3) is 0.652. The Balaban J connectivity index is 3.00. The molecule has 1 aromatic carbocycles. The number of carboxylic acids is 1. The highest BCUT2D eigenvalue weighted by Gasteiger charge is 2.25. The minimum Gasteiger partial charge on any atom is -0.490 e. The number of unbranched alkanes of at least 4 members (excludes halogenated alkanes) is 18. The SMILES string of the molecule is C=CC(=O)NCCCCOc1cc(C(=O)O)c(CCCCCCCCCCCCCCCCCC)c(OCCCCNC(=O)C=C)c1OCCCCNC(=O)C=C. The summed E-state index contributed by atoms with van der Waals surface area (Å²) in [6.45, 7) is 14.9. The molecule has 0 radical (unpaired) electrons. The van der Waals surface area contributed by atoms with E-state index in [1.165, 1.54) is 102 Å². The van der Waals surface area contributed by atoms with Gasteiger partial charge in [-0.15, -0.1) is 0 Å². The first-order valence-corrected chi connectivity index (χ1v) is 21.8. The van der Waals surface area contributed by atoms with Crippen LogP contribution in [0.1, 0.15) is 164 Å². The lowest BCUT2D eigenvalue weighted by Gasteiger charge is -2.22. The van der Waals surface area contributed by atoms with E-state index in [2.05, 4.69) is 42.6 Å². The summed E-state index contributed by atoms with van der Waals surface area (Å²) < 4.78 is 18.9. The Morgan fingerprint density at radius 2 is 0.895 bits per heavy atom. The molecule has 0 fully saturated rings. The lowest BCUT2D eigenvalue weighted by atomic mass is 9.97. The maximum absolute atomic E-state index is 12.7. The number of nitrogens with one attached hydrogen (secondary N) is 3. The summed E-state index contributed by atoms with van der Waals surface area (Å²) in [6.07, 6.45) is 28.0. The number of carbonyl (C=O) groups excluding carboxylic acids is 3. The quantitative estimate of drug-likeness (QED) is 0.0380. The Kier molecular flexibility index (Phi) is 31.1. The average molecular weight is 798 g/mol. The van der Waals surface area contributed by atoms with Crippen LogP contribution in [0.15, 0.2) is 44.0 Å². The highest BCUT2D eigenvalue weighted by Crippen LogP contribution is 2.44. The zero-order valence-electron chi connectivity index (χ0n) is 35.2. The van der Waals surface area contributed by atoms with Crippen molar-refractivity contribution in [3.05, 3.63) is 55.2 Å². The van der Waals surface area contributed by atoms with Crippen LogP contribution in [0.2, 0.25) is 0 Å². The number of hydrogen-bond acceptors (Lipinski definition) is 7. The molecule has 0 saturated heterocycles. The molecule has 1 aromatic rings. The summed E-state index contributed by atoms with van der Waals surface area (Å²) in [5, 5.41) is 18.7. The molecular weight excluding hydrogens is 723 g/mol. The van der Waals surface area contributed by atoms with Gasteiger partial charge in [0.2, 0.25) is 23.5 Å². The molecule has 11 nitrogen and oxygen atoms in total. The first-order valence-electron chi connectivity index (χ1n) is 21.8. The molecular formula is C46H75N3O8. The summed E-state index contributed by atoms with van der Waals surface area (Å²) in [4.78, 5) is 47.4. The van der Waals surface area contributed by atoms with Crippen molar-refractivity contribution in [3.63, 3.8) is 0 Å². The fourth-order valence-corrected chi connectivity index (χ4v) is 6.40. The van der Waals surface area contributed by atoms with Crippen LogP contribution in [-0.4, -0.2) is 68.3 Å². The van der Waals surface area contributed by atoms with Crippen LogP contribution >= 0.6 is 0 Å². The molecule has 0 saturated carbocycles. The molecule has 0 aliphatic heterocycles. The van der Waals surface area contributed by atoms with Gasteiger partial charge in [-0.25, -0.2) is 4.79 Å². The first kappa shape index (κ1) is 50.7. The Morgan fingerprint density at radius 3 is 1.28 bits per heavy atom. The summed E-state index contributed by atoms with van der Waals surface area (Å²) in [6, 6.07) is 1.54. The second kappa shape index (κ2) is 34.9. The van der Waals surface area contributed by atoms with Gasteiger partial charge >= 0.3 is 5.97 Å². The van der Waals surface area contributed by atoms with E-state index in [1.807, 2.05) is 0 Å². The monoisotopic (exact) mass is 798 g/mol. The van der Waals surface area contributed by atoms with Crippen molar-refractivity contribution in [1.82, 2.24) is 16.0 Å². The van der Waals surface area contributed by atoms with Crippen molar-refractivity contribution in [2.24, 2.45) is 0 Å². The van der Waals surface area contributed by atoms with Gasteiger partial charge in [0, 0.05) is 25.2 Å². The minimum atomic E-state index is -1.07. The molecule has 57 heavy (non-hydrogen) atoms. The lowest BCUT2D eigenvalue weighted by Crippen LogP contribution is -2.22. The van der Waals surface area contributed by atoms with Gasteiger partial charge < -0.3 is 35.3 Å². The molecule has 11 heteroatoms. The molecule has 0 aliphatic carbocycles. The third-order valence-corrected chi connectivity index (χ3v) is 9.73. The van der Waals surface area contributed by atoms with Crippen LogP contribution in [0.25, 0.3) is 0 Å². The van der Waals surface area contributed by atoms with Gasteiger partial charge in [-0.05, 0) is 75.7 Å². The second-order valence-corrected chi connectivity index (χ2v) is 14.6. The van der Waals surface area contributed by atoms with E-state index >= 15 is 0 Å². The fourth-order valence-electron chi connectivity index (χ4n) is 6.40. The van der Waals surface area contributed by atoms with Crippen LogP contribution < -0.4 is 30.2 Å². The van der Waals surface area contributed by atoms with Crippen LogP contribution in [0, 0.1) is 0 Å². The predicted octanol–water partition coefficient (Wildman–Crippen LogP) is 9.57. The van der Waals surface area contributed by atoms with Crippen LogP contribution in [0.4, 0.5) is 0 Å². The normalized spacial score (nSPS) is 10.7. The number of hydrogen-bond donors (Lipinski definition) is 4. The van der Waals surface area contributed by atoms with Crippen molar-refractivity contribution in [1.29, 1.82) is 0 Å². The van der Waals surface area contributed by atoms with E-state index in [9.17, 15) is 24.3 Å². The number of amides is 3. The van der Waals surface area contributed by atoms with E-state index in [1.54, 1.807) is 6.07 Å². The van der Waals surface area contributed by atoms with E-state index in [-0.39, 0.29) is 42.2 Å². The van der Waals surface area contributed by atoms with Gasteiger partial charge in [0.05, 0.1) is 25.4 Å². The van der Waals surface area contributed by atoms with Crippen LogP contribution in [0.5, 0.6) is 17.2 Å². The highest BCUT2D eigenvalue weighted by atomic mass is 16.5. The van der Waals surface area contributed by atoms with Gasteiger partial charge in [-0.2, -0.15) is 0 Å². The maximum atomic E-state index is 12.7. The van der Waals surface area contributed by atoms with Crippen molar-refractivity contribution in [3.8, 4) is 17.2 Å². The summed E-state index contributed by atoms with van der Waals surface area (Å²) in [7, 11) is 0. The summed E-state index contributed by atoms with van der Waals surface area (Å²) >= 11 is 0. The lowest BCUT2D eigenvalue weighted by molar-refractivity contribution is -0.117. The molecule has 0 aromatic heterocycles. The van der Waals surface area contributed by atoms with Gasteiger partial charge in [0.1, 0.15) is 0 Å². The maximum Gasteiger partial charge on any atom is 0.336 e. The average Bonchev–Trinajstić information content (AvgIpc) is 3.21. The van der Waals surface area contributed by atoms with E-state index in [0.717, 1.165) is 19.3 Å². The number of carbonyl (C=O) groups is 4. The van der Waals surface area contributed by atoms with Gasteiger partial charge in [-0.3, -0.25) is 14.4 Å². The van der Waals surface area contributed by atoms with Gasteiger partial charge in [-0.1, -0.05) is 123 Å².